The van der Waals surface area contributed by atoms with Gasteiger partial charge in [-0.2, -0.15) is 0 Å². The number of hydrogen-bond donors (Lipinski definition) is 4. The summed E-state index contributed by atoms with van der Waals surface area (Å²) in [4.78, 5) is 129. The highest BCUT2D eigenvalue weighted by Crippen LogP contribution is 2.20. The number of hydrogen-bond acceptors (Lipinski definition) is 12. The smallest absolute Gasteiger partial charge is 0.375 e. The van der Waals surface area contributed by atoms with Gasteiger partial charge in [0.05, 0.1) is 12.3 Å². The first-order valence-electron chi connectivity index (χ1n) is 21.5. The number of imide groups is 3. The van der Waals surface area contributed by atoms with Crippen LogP contribution in [0.25, 0.3) is 0 Å². The summed E-state index contributed by atoms with van der Waals surface area (Å²) in [6.45, 7) is 19.6. The lowest BCUT2D eigenvalue weighted by Crippen LogP contribution is -2.61. The van der Waals surface area contributed by atoms with Gasteiger partial charge in [-0.1, -0.05) is 69.2 Å². The molecule has 1 fully saturated rings. The highest BCUT2D eigenvalue weighted by molar-refractivity contribution is 6.05. The molecule has 0 aromatic heterocycles. The van der Waals surface area contributed by atoms with Crippen molar-refractivity contribution in [3.8, 4) is 0 Å². The van der Waals surface area contributed by atoms with Crippen LogP contribution in [-0.2, 0) is 28.7 Å². The van der Waals surface area contributed by atoms with E-state index in [0.29, 0.717) is 17.7 Å². The number of rotatable bonds is 9. The van der Waals surface area contributed by atoms with Gasteiger partial charge in [-0.15, -0.1) is 0 Å². The third-order valence-corrected chi connectivity index (χ3v) is 10.7. The molecule has 0 aromatic carbocycles. The second kappa shape index (κ2) is 24.7. The monoisotopic (exact) mass is 881 g/mol. The first kappa shape index (κ1) is 55.2. The van der Waals surface area contributed by atoms with Crippen LogP contribution in [0.3, 0.4) is 0 Å². The van der Waals surface area contributed by atoms with Gasteiger partial charge in [0.2, 0.25) is 11.8 Å². The third kappa shape index (κ3) is 16.4. The average molecular weight is 881 g/mol. The van der Waals surface area contributed by atoms with Crippen LogP contribution in [0.5, 0.6) is 0 Å². The number of cyclic esters (lactones) is 2. The van der Waals surface area contributed by atoms with Crippen LogP contribution in [0, 0.1) is 29.6 Å². The Morgan fingerprint density at radius 1 is 0.581 bits per heavy atom. The largest absolute Gasteiger partial charge is 0.417 e. The van der Waals surface area contributed by atoms with Gasteiger partial charge in [-0.3, -0.25) is 49.8 Å². The molecule has 0 aliphatic carbocycles. The Balaban J connectivity index is 3.86. The van der Waals surface area contributed by atoms with Crippen LogP contribution in [0.15, 0.2) is 0 Å². The summed E-state index contributed by atoms with van der Waals surface area (Å²) in [6, 6.07) is -7.78. The van der Waals surface area contributed by atoms with Crippen LogP contribution < -0.4 is 21.3 Å². The summed E-state index contributed by atoms with van der Waals surface area (Å²) in [5.74, 6) is -4.38. The fourth-order valence-electron chi connectivity index (χ4n) is 6.99. The summed E-state index contributed by atoms with van der Waals surface area (Å²) >= 11 is 0. The van der Waals surface area contributed by atoms with Crippen molar-refractivity contribution >= 4 is 53.8 Å². The molecule has 0 aromatic rings. The van der Waals surface area contributed by atoms with Crippen LogP contribution in [-0.4, -0.2) is 169 Å². The molecule has 6 atom stereocenters. The van der Waals surface area contributed by atoms with Gasteiger partial charge in [-0.25, -0.2) is 24.0 Å². The van der Waals surface area contributed by atoms with Gasteiger partial charge in [-0.05, 0) is 69.2 Å². The number of nitrogens with one attached hydrogen (secondary N) is 4. The van der Waals surface area contributed by atoms with Crippen molar-refractivity contribution in [1.82, 2.24) is 50.7 Å². The maximum absolute atomic E-state index is 14.2. The highest BCUT2D eigenvalue weighted by Gasteiger charge is 2.39. The molecule has 1 heterocycles. The number of carbonyl (C=O) groups is 9. The zero-order valence-electron chi connectivity index (χ0n) is 40.2. The fraction of sp³-hybridized carbons (Fsp3) is 0.786. The molecule has 1 saturated heterocycles. The number of likely N-dealkylation sites (N-methyl/N-ethyl adjacent to an activating group) is 5. The van der Waals surface area contributed by atoms with E-state index in [9.17, 15) is 43.2 Å². The predicted octanol–water partition coefficient (Wildman–Crippen LogP) is 3.07. The van der Waals surface area contributed by atoms with Gasteiger partial charge in [0.1, 0.15) is 30.7 Å². The standard InChI is InChI=1S/C42H76N10O10/c1-23(2)18-29-35(54)44-32(21-26(7)8)50(15)31(20-25(5)6)43-28(11)38(57)62-42(61)49(14)30(19-24(3)4)36(55)45-40(59)51(16)34(27(9)10)37(56)52(17)41(60)46-39(58)47(12)22-33(53)48(29)13/h23-32,34,43H,18-22H2,1-17H3,(H,44,54)(H,45,55,59)(H,46,58,60)/t28-,29+,30-,31-,32+,34?/m1/s1. The molecule has 4 N–H and O–H groups in total. The molecule has 0 spiro atoms. The molecule has 0 radical (unpaired) electrons. The molecule has 0 saturated carbocycles. The van der Waals surface area contributed by atoms with Crippen molar-refractivity contribution < 1.29 is 47.9 Å². The van der Waals surface area contributed by atoms with E-state index in [4.69, 9.17) is 4.74 Å². The summed E-state index contributed by atoms with van der Waals surface area (Å²) in [5.41, 5.74) is 0. The maximum atomic E-state index is 14.2. The van der Waals surface area contributed by atoms with E-state index < -0.39 is 103 Å². The van der Waals surface area contributed by atoms with Crippen molar-refractivity contribution in [2.45, 2.75) is 138 Å². The van der Waals surface area contributed by atoms with Crippen LogP contribution in [0.2, 0.25) is 0 Å². The number of urea groups is 3. The normalized spacial score (nSPS) is 25.3. The average Bonchev–Trinajstić information content (AvgIpc) is 3.15. The van der Waals surface area contributed by atoms with E-state index in [-0.39, 0.29) is 36.5 Å². The Morgan fingerprint density at radius 3 is 1.55 bits per heavy atom. The second-order valence-electron chi connectivity index (χ2n) is 18.5. The van der Waals surface area contributed by atoms with E-state index in [1.54, 1.807) is 34.7 Å². The molecule has 1 aliphatic rings. The Labute approximate surface area is 368 Å². The lowest BCUT2D eigenvalue weighted by molar-refractivity contribution is -0.142. The summed E-state index contributed by atoms with van der Waals surface area (Å²) in [5, 5.41) is 10.7. The van der Waals surface area contributed by atoms with E-state index in [1.807, 2.05) is 46.4 Å². The van der Waals surface area contributed by atoms with Crippen molar-refractivity contribution in [2.75, 3.05) is 48.8 Å². The van der Waals surface area contributed by atoms with Crippen LogP contribution in [0.4, 0.5) is 19.2 Å². The van der Waals surface area contributed by atoms with E-state index >= 15 is 0 Å². The molecule has 1 aliphatic heterocycles. The first-order chi connectivity index (χ1) is 28.5. The van der Waals surface area contributed by atoms with Gasteiger partial charge < -0.3 is 24.8 Å². The van der Waals surface area contributed by atoms with Gasteiger partial charge in [0, 0.05) is 35.2 Å². The minimum atomic E-state index is -1.31. The Bertz CT molecular complexity index is 1600. The zero-order chi connectivity index (χ0) is 48.1. The van der Waals surface area contributed by atoms with E-state index in [2.05, 4.69) is 21.3 Å². The molecular weight excluding hydrogens is 805 g/mol. The highest BCUT2D eigenvalue weighted by atomic mass is 16.6. The lowest BCUT2D eigenvalue weighted by Gasteiger charge is -2.40. The lowest BCUT2D eigenvalue weighted by atomic mass is 10.0. The molecule has 1 unspecified atom stereocenters. The predicted molar refractivity (Wildman–Crippen MR) is 233 cm³/mol. The second-order valence-corrected chi connectivity index (χ2v) is 18.5. The first-order valence-corrected chi connectivity index (χ1v) is 21.5. The van der Waals surface area contributed by atoms with Crippen LogP contribution in [0.1, 0.15) is 102 Å². The molecule has 62 heavy (non-hydrogen) atoms. The fourth-order valence-corrected chi connectivity index (χ4v) is 6.99. The summed E-state index contributed by atoms with van der Waals surface area (Å²) < 4.78 is 5.29. The maximum Gasteiger partial charge on any atom is 0.417 e. The van der Waals surface area contributed by atoms with Gasteiger partial charge in [0.25, 0.3) is 11.8 Å². The van der Waals surface area contributed by atoms with E-state index in [1.165, 1.54) is 40.0 Å². The number of amides is 11. The minimum absolute atomic E-state index is 0.0267. The molecule has 11 amide bonds. The van der Waals surface area contributed by atoms with Gasteiger partial charge >= 0.3 is 30.2 Å². The van der Waals surface area contributed by atoms with Crippen molar-refractivity contribution in [3.05, 3.63) is 0 Å². The number of carbonyl (C=O) groups excluding carboxylic acids is 9. The Morgan fingerprint density at radius 2 is 1.06 bits per heavy atom. The molecule has 20 heteroatoms. The summed E-state index contributed by atoms with van der Waals surface area (Å²) in [7, 11) is 8.16. The molecule has 0 bridgehead atoms. The molecular formula is C42H76N10O10. The third-order valence-electron chi connectivity index (χ3n) is 10.7. The van der Waals surface area contributed by atoms with Crippen LogP contribution >= 0.6 is 0 Å². The molecule has 354 valence electrons. The number of esters is 1. The summed E-state index contributed by atoms with van der Waals surface area (Å²) in [6.07, 6.45) is -0.928. The number of nitrogens with zero attached hydrogens (tertiary/aromatic N) is 6. The molecule has 1 rings (SSSR count). The molecule has 20 nitrogen and oxygen atoms in total. The topological polar surface area (TPSA) is 230 Å². The van der Waals surface area contributed by atoms with E-state index in [0.717, 1.165) is 21.7 Å². The van der Waals surface area contributed by atoms with Gasteiger partial charge in [0.15, 0.2) is 0 Å². The number of ether oxygens (including phenoxy) is 1. The van der Waals surface area contributed by atoms with Crippen molar-refractivity contribution in [1.29, 1.82) is 0 Å². The minimum Gasteiger partial charge on any atom is -0.375 e. The Kier molecular flexibility index (Phi) is 22.0. The quantitative estimate of drug-likeness (QED) is 0.194. The Hall–Kier alpha value is -4.85. The SMILES string of the molecule is CC(C)C[C@@H]1C(=O)NC(=O)N(C)C(C(C)C)C(=O)N(C)C(=O)NC(=O)N(C)CC(=O)N(C)[C@@H](CC(C)C)C(=O)N[C@H](CC(C)C)N(C)[C@H](CC(C)C)N[C@H](C)C(=O)OC(=O)N1C. The van der Waals surface area contributed by atoms with Crippen molar-refractivity contribution in [2.24, 2.45) is 29.6 Å². The van der Waals surface area contributed by atoms with Crippen molar-refractivity contribution in [3.63, 3.8) is 0 Å². The zero-order valence-corrected chi connectivity index (χ0v) is 40.2.